The fraction of sp³-hybridized carbons (Fsp3) is 0.636. The molecule has 0 aliphatic rings. The predicted molar refractivity (Wildman–Crippen MR) is 57.9 cm³/mol. The zero-order valence-electron chi connectivity index (χ0n) is 9.45. The molecule has 84 valence electrons. The molecule has 2 unspecified atom stereocenters. The van der Waals surface area contributed by atoms with Crippen molar-refractivity contribution in [2.45, 2.75) is 33.6 Å². The van der Waals surface area contributed by atoms with Crippen molar-refractivity contribution in [2.24, 2.45) is 11.8 Å². The maximum atomic E-state index is 10.6. The molecule has 0 aromatic carbocycles. The van der Waals surface area contributed by atoms with E-state index in [-0.39, 0.29) is 5.69 Å². The van der Waals surface area contributed by atoms with Gasteiger partial charge < -0.3 is 10.1 Å². The summed E-state index contributed by atoms with van der Waals surface area (Å²) in [6.07, 6.45) is 3.32. The van der Waals surface area contributed by atoms with Crippen LogP contribution >= 0.6 is 0 Å². The van der Waals surface area contributed by atoms with Gasteiger partial charge in [0.25, 0.3) is 0 Å². The second-order valence-corrected chi connectivity index (χ2v) is 4.12. The van der Waals surface area contributed by atoms with Crippen LogP contribution in [0.4, 0.5) is 0 Å². The molecule has 0 saturated carbocycles. The minimum absolute atomic E-state index is 0.168. The van der Waals surface area contributed by atoms with E-state index in [1.165, 1.54) is 6.20 Å². The molecule has 1 heterocycles. The summed E-state index contributed by atoms with van der Waals surface area (Å²) in [6.45, 7) is 6.52. The van der Waals surface area contributed by atoms with Gasteiger partial charge in [-0.05, 0) is 11.8 Å². The molecule has 0 amide bonds. The number of carboxylic acid groups (broad SMARTS) is 1. The van der Waals surface area contributed by atoms with Gasteiger partial charge in [-0.15, -0.1) is 0 Å². The maximum absolute atomic E-state index is 10.6. The van der Waals surface area contributed by atoms with E-state index in [1.54, 1.807) is 0 Å². The van der Waals surface area contributed by atoms with Crippen molar-refractivity contribution in [2.75, 3.05) is 0 Å². The molecule has 0 saturated heterocycles. The van der Waals surface area contributed by atoms with Crippen molar-refractivity contribution in [1.29, 1.82) is 0 Å². The molecule has 4 nitrogen and oxygen atoms in total. The first-order valence-corrected chi connectivity index (χ1v) is 5.31. The van der Waals surface area contributed by atoms with Crippen molar-refractivity contribution in [1.82, 2.24) is 9.97 Å². The second-order valence-electron chi connectivity index (χ2n) is 4.12. The number of nitrogens with zero attached hydrogens (tertiary/aromatic N) is 1. The summed E-state index contributed by atoms with van der Waals surface area (Å²) in [6, 6.07) is 0. The molecule has 0 bridgehead atoms. The van der Waals surface area contributed by atoms with Gasteiger partial charge in [0.2, 0.25) is 0 Å². The summed E-state index contributed by atoms with van der Waals surface area (Å²) in [4.78, 5) is 17.5. The van der Waals surface area contributed by atoms with Crippen molar-refractivity contribution < 1.29 is 9.90 Å². The summed E-state index contributed by atoms with van der Waals surface area (Å²) in [5.74, 6) is 0.955. The fourth-order valence-corrected chi connectivity index (χ4v) is 1.48. The first-order chi connectivity index (χ1) is 7.04. The second kappa shape index (κ2) is 4.96. The number of aromatic carboxylic acids is 1. The lowest BCUT2D eigenvalue weighted by Crippen LogP contribution is -2.11. The average molecular weight is 210 g/mol. The lowest BCUT2D eigenvalue weighted by Gasteiger charge is -2.16. The Kier molecular flexibility index (Phi) is 3.88. The van der Waals surface area contributed by atoms with Crippen LogP contribution in [0.1, 0.15) is 43.5 Å². The van der Waals surface area contributed by atoms with Gasteiger partial charge in [-0.3, -0.25) is 0 Å². The number of hydrogen-bond donors (Lipinski definition) is 2. The lowest BCUT2D eigenvalue weighted by molar-refractivity contribution is 0.0691. The zero-order chi connectivity index (χ0) is 11.4. The minimum Gasteiger partial charge on any atom is -0.477 e. The Morgan fingerprint density at radius 3 is 2.67 bits per heavy atom. The molecule has 15 heavy (non-hydrogen) atoms. The number of rotatable bonds is 5. The van der Waals surface area contributed by atoms with Crippen LogP contribution in [0.3, 0.4) is 0 Å². The molecule has 1 aromatic heterocycles. The summed E-state index contributed by atoms with van der Waals surface area (Å²) in [5.41, 5.74) is 0.168. The third-order valence-electron chi connectivity index (χ3n) is 2.99. The maximum Gasteiger partial charge on any atom is 0.353 e. The van der Waals surface area contributed by atoms with Crippen LogP contribution in [0.5, 0.6) is 0 Å². The van der Waals surface area contributed by atoms with Gasteiger partial charge in [0, 0.05) is 6.42 Å². The standard InChI is InChI=1S/C11H18N2O2/c1-4-7(2)8(3)5-10-12-6-9(13-10)11(14)15/h6-8H,4-5H2,1-3H3,(H,12,13)(H,14,15). The summed E-state index contributed by atoms with van der Waals surface area (Å²) in [5, 5.41) is 8.72. The number of aromatic nitrogens is 2. The summed E-state index contributed by atoms with van der Waals surface area (Å²) >= 11 is 0. The van der Waals surface area contributed by atoms with Gasteiger partial charge >= 0.3 is 5.97 Å². The van der Waals surface area contributed by atoms with Crippen LogP contribution in [0.15, 0.2) is 6.20 Å². The van der Waals surface area contributed by atoms with Crippen LogP contribution in [0.25, 0.3) is 0 Å². The van der Waals surface area contributed by atoms with Gasteiger partial charge in [-0.1, -0.05) is 27.2 Å². The van der Waals surface area contributed by atoms with E-state index in [1.807, 2.05) is 0 Å². The third-order valence-corrected chi connectivity index (χ3v) is 2.99. The highest BCUT2D eigenvalue weighted by Gasteiger charge is 2.14. The molecule has 2 N–H and O–H groups in total. The van der Waals surface area contributed by atoms with Crippen molar-refractivity contribution >= 4 is 5.97 Å². The van der Waals surface area contributed by atoms with Gasteiger partial charge in [0.05, 0.1) is 6.20 Å². The Hall–Kier alpha value is -1.32. The minimum atomic E-state index is -0.954. The number of imidazole rings is 1. The Morgan fingerprint density at radius 2 is 2.20 bits per heavy atom. The number of H-pyrrole nitrogens is 1. The van der Waals surface area contributed by atoms with E-state index < -0.39 is 5.97 Å². The van der Waals surface area contributed by atoms with Gasteiger partial charge in [-0.2, -0.15) is 0 Å². The fourth-order valence-electron chi connectivity index (χ4n) is 1.48. The van der Waals surface area contributed by atoms with Crippen LogP contribution in [0.2, 0.25) is 0 Å². The Morgan fingerprint density at radius 1 is 1.53 bits per heavy atom. The number of carboxylic acids is 1. The molecule has 1 aromatic rings. The smallest absolute Gasteiger partial charge is 0.353 e. The first-order valence-electron chi connectivity index (χ1n) is 5.31. The third kappa shape index (κ3) is 3.08. The molecule has 0 aliphatic heterocycles. The van der Waals surface area contributed by atoms with E-state index in [0.29, 0.717) is 11.8 Å². The number of carbonyl (C=O) groups is 1. The summed E-state index contributed by atoms with van der Waals surface area (Å²) in [7, 11) is 0. The van der Waals surface area contributed by atoms with Crippen LogP contribution in [-0.4, -0.2) is 21.0 Å². The van der Waals surface area contributed by atoms with Gasteiger partial charge in [-0.25, -0.2) is 9.78 Å². The highest BCUT2D eigenvalue weighted by atomic mass is 16.4. The quantitative estimate of drug-likeness (QED) is 0.783. The van der Waals surface area contributed by atoms with Crippen molar-refractivity contribution in [3.63, 3.8) is 0 Å². The number of aromatic amines is 1. The largest absolute Gasteiger partial charge is 0.477 e. The van der Waals surface area contributed by atoms with E-state index in [9.17, 15) is 4.79 Å². The van der Waals surface area contributed by atoms with Gasteiger partial charge in [0.1, 0.15) is 11.5 Å². The molecule has 0 aliphatic carbocycles. The predicted octanol–water partition coefficient (Wildman–Crippen LogP) is 2.33. The van der Waals surface area contributed by atoms with E-state index in [2.05, 4.69) is 30.7 Å². The molecule has 2 atom stereocenters. The van der Waals surface area contributed by atoms with Crippen molar-refractivity contribution in [3.8, 4) is 0 Å². The Balaban J connectivity index is 2.61. The molecular formula is C11H18N2O2. The monoisotopic (exact) mass is 210 g/mol. The topological polar surface area (TPSA) is 66.0 Å². The molecule has 0 spiro atoms. The molecule has 4 heteroatoms. The molecule has 1 rings (SSSR count). The van der Waals surface area contributed by atoms with E-state index >= 15 is 0 Å². The Bertz CT molecular complexity index is 333. The normalized spacial score (nSPS) is 14.9. The summed E-state index contributed by atoms with van der Waals surface area (Å²) < 4.78 is 0. The lowest BCUT2D eigenvalue weighted by atomic mass is 9.91. The highest BCUT2D eigenvalue weighted by Crippen LogP contribution is 2.18. The Labute approximate surface area is 89.7 Å². The number of nitrogens with one attached hydrogen (secondary N) is 1. The van der Waals surface area contributed by atoms with Crippen molar-refractivity contribution in [3.05, 3.63) is 17.7 Å². The first kappa shape index (κ1) is 11.8. The molecular weight excluding hydrogens is 192 g/mol. The zero-order valence-corrected chi connectivity index (χ0v) is 9.45. The molecule has 0 radical (unpaired) electrons. The van der Waals surface area contributed by atoms with E-state index in [4.69, 9.17) is 5.11 Å². The average Bonchev–Trinajstić information content (AvgIpc) is 2.65. The van der Waals surface area contributed by atoms with Crippen LogP contribution in [0, 0.1) is 11.8 Å². The van der Waals surface area contributed by atoms with Crippen LogP contribution < -0.4 is 0 Å². The van der Waals surface area contributed by atoms with E-state index in [0.717, 1.165) is 18.7 Å². The highest BCUT2D eigenvalue weighted by molar-refractivity contribution is 5.84. The SMILES string of the molecule is CCC(C)C(C)Cc1ncc(C(=O)O)[nH]1. The van der Waals surface area contributed by atoms with Crippen LogP contribution in [-0.2, 0) is 6.42 Å². The molecule has 0 fully saturated rings. The van der Waals surface area contributed by atoms with Gasteiger partial charge in [0.15, 0.2) is 0 Å². The number of hydrogen-bond acceptors (Lipinski definition) is 2.